The molecule has 0 atom stereocenters. The van der Waals surface area contributed by atoms with Crippen LogP contribution in [0.1, 0.15) is 16.1 Å². The normalized spacial score (nSPS) is 10.1. The summed E-state index contributed by atoms with van der Waals surface area (Å²) < 4.78 is 4.86. The van der Waals surface area contributed by atoms with E-state index in [1.807, 2.05) is 0 Å². The highest BCUT2D eigenvalue weighted by Gasteiger charge is 2.09. The summed E-state index contributed by atoms with van der Waals surface area (Å²) in [6.45, 7) is 1.77. The number of nitrogen functional groups attached to an aromatic ring is 1. The third kappa shape index (κ3) is 2.17. The number of anilines is 2. The van der Waals surface area contributed by atoms with Gasteiger partial charge in [0.25, 0.3) is 5.91 Å². The smallest absolute Gasteiger partial charge is 0.258 e. The van der Waals surface area contributed by atoms with Crippen molar-refractivity contribution in [3.8, 4) is 0 Å². The van der Waals surface area contributed by atoms with Gasteiger partial charge in [-0.1, -0.05) is 5.16 Å². The predicted molar refractivity (Wildman–Crippen MR) is 57.8 cm³/mol. The van der Waals surface area contributed by atoms with Crippen LogP contribution in [0.3, 0.4) is 0 Å². The largest absolute Gasteiger partial charge is 0.384 e. The van der Waals surface area contributed by atoms with Crippen LogP contribution in [0.25, 0.3) is 0 Å². The third-order valence-electron chi connectivity index (χ3n) is 1.91. The number of hydrogen-bond acceptors (Lipinski definition) is 5. The Hall–Kier alpha value is -2.37. The van der Waals surface area contributed by atoms with E-state index in [1.165, 1.54) is 12.3 Å². The first-order valence-corrected chi connectivity index (χ1v) is 4.61. The fourth-order valence-corrected chi connectivity index (χ4v) is 1.20. The Morgan fingerprint density at radius 3 is 2.94 bits per heavy atom. The molecular formula is C10H10N4O2. The minimum Gasteiger partial charge on any atom is -0.384 e. The van der Waals surface area contributed by atoms with Gasteiger partial charge < -0.3 is 10.3 Å². The fraction of sp³-hybridized carbons (Fsp3) is 0.100. The number of aromatic nitrogens is 2. The highest BCUT2D eigenvalue weighted by molar-refractivity contribution is 6.03. The molecule has 0 radical (unpaired) electrons. The van der Waals surface area contributed by atoms with Crippen LogP contribution in [0.15, 0.2) is 28.9 Å². The second-order valence-corrected chi connectivity index (χ2v) is 3.26. The molecule has 0 aliphatic heterocycles. The van der Waals surface area contributed by atoms with Gasteiger partial charge in [-0.3, -0.25) is 10.1 Å². The molecule has 2 aromatic heterocycles. The first-order chi connectivity index (χ1) is 7.65. The highest BCUT2D eigenvalue weighted by Crippen LogP contribution is 2.11. The van der Waals surface area contributed by atoms with Gasteiger partial charge in [0, 0.05) is 17.8 Å². The van der Waals surface area contributed by atoms with Gasteiger partial charge >= 0.3 is 0 Å². The van der Waals surface area contributed by atoms with Crippen LogP contribution < -0.4 is 11.1 Å². The molecule has 16 heavy (non-hydrogen) atoms. The number of amides is 1. The van der Waals surface area contributed by atoms with E-state index in [1.54, 1.807) is 19.1 Å². The summed E-state index contributed by atoms with van der Waals surface area (Å²) in [5.74, 6) is 0.282. The molecule has 0 unspecified atom stereocenters. The molecule has 0 aromatic carbocycles. The fourth-order valence-electron chi connectivity index (χ4n) is 1.20. The number of nitrogens with zero attached hydrogens (tertiary/aromatic N) is 2. The van der Waals surface area contributed by atoms with E-state index in [0.29, 0.717) is 23.0 Å². The van der Waals surface area contributed by atoms with E-state index in [0.717, 1.165) is 0 Å². The molecule has 0 aliphatic carbocycles. The highest BCUT2D eigenvalue weighted by atomic mass is 16.5. The van der Waals surface area contributed by atoms with Crippen LogP contribution in [0.4, 0.5) is 11.7 Å². The molecule has 2 heterocycles. The van der Waals surface area contributed by atoms with Gasteiger partial charge in [-0.15, -0.1) is 0 Å². The van der Waals surface area contributed by atoms with Crippen LogP contribution in [-0.4, -0.2) is 16.0 Å². The molecule has 0 saturated heterocycles. The van der Waals surface area contributed by atoms with Crippen molar-refractivity contribution in [3.05, 3.63) is 35.7 Å². The molecule has 0 bridgehead atoms. The predicted octanol–water partition coefficient (Wildman–Crippen LogP) is 1.21. The number of rotatable bonds is 2. The Bertz CT molecular complexity index is 521. The molecule has 0 fully saturated rings. The lowest BCUT2D eigenvalue weighted by molar-refractivity contribution is 0.102. The molecule has 0 aliphatic rings. The minimum absolute atomic E-state index is 0.293. The van der Waals surface area contributed by atoms with Gasteiger partial charge in [0.05, 0.1) is 5.69 Å². The van der Waals surface area contributed by atoms with Gasteiger partial charge in [-0.25, -0.2) is 4.98 Å². The number of nitrogens with two attached hydrogens (primary N) is 1. The van der Waals surface area contributed by atoms with E-state index < -0.39 is 0 Å². The number of hydrogen-bond donors (Lipinski definition) is 2. The standard InChI is InChI=1S/C10H10N4O2/c1-6-4-9(16-14-6)13-10(15)7-2-3-12-8(11)5-7/h2-5H,1H3,(H2,11,12)(H,13,15). The molecule has 6 nitrogen and oxygen atoms in total. The summed E-state index contributed by atoms with van der Waals surface area (Å²) in [5.41, 5.74) is 6.58. The maximum atomic E-state index is 11.7. The molecule has 2 aromatic rings. The quantitative estimate of drug-likeness (QED) is 0.790. The van der Waals surface area contributed by atoms with Crippen molar-refractivity contribution in [2.24, 2.45) is 0 Å². The van der Waals surface area contributed by atoms with Crippen molar-refractivity contribution < 1.29 is 9.32 Å². The summed E-state index contributed by atoms with van der Waals surface area (Å²) in [6.07, 6.45) is 1.47. The summed E-state index contributed by atoms with van der Waals surface area (Å²) >= 11 is 0. The second kappa shape index (κ2) is 4.01. The molecule has 2 rings (SSSR count). The Balaban J connectivity index is 2.14. The summed E-state index contributed by atoms with van der Waals surface area (Å²) in [6, 6.07) is 4.68. The van der Waals surface area contributed by atoms with E-state index in [4.69, 9.17) is 10.3 Å². The molecule has 3 N–H and O–H groups in total. The Morgan fingerprint density at radius 2 is 2.31 bits per heavy atom. The molecule has 82 valence electrons. The van der Waals surface area contributed by atoms with Crippen LogP contribution in [0.5, 0.6) is 0 Å². The minimum atomic E-state index is -0.315. The number of pyridine rings is 1. The van der Waals surface area contributed by atoms with Crippen molar-refractivity contribution in [1.82, 2.24) is 10.1 Å². The maximum Gasteiger partial charge on any atom is 0.258 e. The monoisotopic (exact) mass is 218 g/mol. The number of carbonyl (C=O) groups excluding carboxylic acids is 1. The lowest BCUT2D eigenvalue weighted by atomic mass is 10.2. The first-order valence-electron chi connectivity index (χ1n) is 4.61. The van der Waals surface area contributed by atoms with Gasteiger partial charge in [0.15, 0.2) is 0 Å². The zero-order chi connectivity index (χ0) is 11.5. The van der Waals surface area contributed by atoms with Crippen molar-refractivity contribution in [1.29, 1.82) is 0 Å². The Kier molecular flexibility index (Phi) is 2.55. The van der Waals surface area contributed by atoms with Crippen molar-refractivity contribution >= 4 is 17.6 Å². The average molecular weight is 218 g/mol. The SMILES string of the molecule is Cc1cc(NC(=O)c2ccnc(N)c2)on1. The zero-order valence-corrected chi connectivity index (χ0v) is 8.60. The molecule has 1 amide bonds. The average Bonchev–Trinajstić information content (AvgIpc) is 2.64. The van der Waals surface area contributed by atoms with E-state index >= 15 is 0 Å². The number of carbonyl (C=O) groups is 1. The van der Waals surface area contributed by atoms with Crippen LogP contribution in [0, 0.1) is 6.92 Å². The molecule has 0 spiro atoms. The van der Waals surface area contributed by atoms with Gasteiger partial charge in [0.2, 0.25) is 5.88 Å². The third-order valence-corrected chi connectivity index (χ3v) is 1.91. The van der Waals surface area contributed by atoms with Gasteiger partial charge in [-0.2, -0.15) is 0 Å². The van der Waals surface area contributed by atoms with E-state index in [9.17, 15) is 4.79 Å². The van der Waals surface area contributed by atoms with Gasteiger partial charge in [-0.05, 0) is 19.1 Å². The van der Waals surface area contributed by atoms with Crippen molar-refractivity contribution in [2.45, 2.75) is 6.92 Å². The van der Waals surface area contributed by atoms with Gasteiger partial charge in [0.1, 0.15) is 5.82 Å². The summed E-state index contributed by atoms with van der Waals surface area (Å²) in [4.78, 5) is 15.5. The van der Waals surface area contributed by atoms with Crippen molar-refractivity contribution in [3.63, 3.8) is 0 Å². The number of aryl methyl sites for hydroxylation is 1. The lowest BCUT2D eigenvalue weighted by Gasteiger charge is -2.01. The van der Waals surface area contributed by atoms with Crippen LogP contribution >= 0.6 is 0 Å². The lowest BCUT2D eigenvalue weighted by Crippen LogP contribution is -2.11. The van der Waals surface area contributed by atoms with Crippen molar-refractivity contribution in [2.75, 3.05) is 11.1 Å². The Labute approximate surface area is 91.5 Å². The van der Waals surface area contributed by atoms with Crippen LogP contribution in [0.2, 0.25) is 0 Å². The summed E-state index contributed by atoms with van der Waals surface area (Å²) in [5, 5.41) is 6.21. The number of nitrogens with one attached hydrogen (secondary N) is 1. The summed E-state index contributed by atoms with van der Waals surface area (Å²) in [7, 11) is 0. The van der Waals surface area contributed by atoms with Crippen LogP contribution in [-0.2, 0) is 0 Å². The molecule has 0 saturated carbocycles. The maximum absolute atomic E-state index is 11.7. The second-order valence-electron chi connectivity index (χ2n) is 3.26. The first kappa shape index (κ1) is 10.2. The molecular weight excluding hydrogens is 208 g/mol. The van der Waals surface area contributed by atoms with E-state index in [2.05, 4.69) is 15.5 Å². The molecule has 6 heteroatoms. The Morgan fingerprint density at radius 1 is 1.50 bits per heavy atom. The van der Waals surface area contributed by atoms with E-state index in [-0.39, 0.29) is 5.91 Å². The zero-order valence-electron chi connectivity index (χ0n) is 8.60. The topological polar surface area (TPSA) is 94.0 Å².